The van der Waals surface area contributed by atoms with E-state index in [2.05, 4.69) is 27.7 Å². The quantitative estimate of drug-likeness (QED) is 0.0710. The summed E-state index contributed by atoms with van der Waals surface area (Å²) in [7, 11) is 0. The minimum atomic E-state index is -0.676. The molecule has 0 saturated carbocycles. The second-order valence-electron chi connectivity index (χ2n) is 13.4. The van der Waals surface area contributed by atoms with Gasteiger partial charge in [-0.05, 0) is 61.9 Å². The van der Waals surface area contributed by atoms with Crippen molar-refractivity contribution in [2.24, 2.45) is 23.7 Å². The number of rotatable bonds is 32. The monoisotopic (exact) mass is 644 g/mol. The van der Waals surface area contributed by atoms with Gasteiger partial charge < -0.3 is 10.2 Å². The van der Waals surface area contributed by atoms with E-state index in [9.17, 15) is 19.8 Å². The number of carboxylic acid groups (broad SMARTS) is 2. The minimum Gasteiger partial charge on any atom is -0.481 e. The smallest absolute Gasteiger partial charge is 0.307 e. The molecular weight excluding hydrogens is 573 g/mol. The minimum absolute atomic E-state index is 0.160. The molecule has 0 rings (SSSR count). The van der Waals surface area contributed by atoms with Crippen molar-refractivity contribution < 1.29 is 19.8 Å². The molecule has 0 aromatic carbocycles. The average Bonchev–Trinajstić information content (AvgIpc) is 2.99. The van der Waals surface area contributed by atoms with Gasteiger partial charge >= 0.3 is 11.9 Å². The first-order valence-electron chi connectivity index (χ1n) is 18.4. The highest BCUT2D eigenvalue weighted by atomic mass is 32.2. The summed E-state index contributed by atoms with van der Waals surface area (Å²) in [6, 6.07) is 0. The number of aliphatic carboxylic acids is 2. The lowest BCUT2D eigenvalue weighted by atomic mass is 9.97. The molecule has 0 aliphatic heterocycles. The van der Waals surface area contributed by atoms with Gasteiger partial charge in [-0.25, -0.2) is 0 Å². The summed E-state index contributed by atoms with van der Waals surface area (Å²) < 4.78 is 0. The van der Waals surface area contributed by atoms with Gasteiger partial charge in [0.15, 0.2) is 0 Å². The molecule has 4 nitrogen and oxygen atoms in total. The molecule has 6 heteroatoms. The standard InChI is InChI=1S/C37H72O4S2/c1-7-11-15-18-24-32(22-13-9-3)28-42-34(30(5)36(38)39)26-20-17-21-27-35(31(6)37(40)41)43-29-33(23-14-10-4)25-19-16-12-8-2/h30-35H,7-29H2,1-6H3,(H,38,39)(H,40,41). The summed E-state index contributed by atoms with van der Waals surface area (Å²) in [5.74, 6) is 1.56. The van der Waals surface area contributed by atoms with Crippen LogP contribution in [0.5, 0.6) is 0 Å². The van der Waals surface area contributed by atoms with Gasteiger partial charge in [-0.2, -0.15) is 23.5 Å². The van der Waals surface area contributed by atoms with Crippen molar-refractivity contribution in [3.8, 4) is 0 Å². The van der Waals surface area contributed by atoms with E-state index in [4.69, 9.17) is 0 Å². The maximum atomic E-state index is 11.9. The fraction of sp³-hybridized carbons (Fsp3) is 0.946. The molecule has 0 aromatic heterocycles. The van der Waals surface area contributed by atoms with Gasteiger partial charge in [0.2, 0.25) is 0 Å². The molecule has 0 aliphatic rings. The Morgan fingerprint density at radius 1 is 0.465 bits per heavy atom. The van der Waals surface area contributed by atoms with Crippen LogP contribution in [0.25, 0.3) is 0 Å². The molecule has 0 aromatic rings. The van der Waals surface area contributed by atoms with E-state index in [0.29, 0.717) is 11.8 Å². The summed E-state index contributed by atoms with van der Waals surface area (Å²) in [5, 5.41) is 19.9. The first kappa shape index (κ1) is 42.6. The van der Waals surface area contributed by atoms with Crippen molar-refractivity contribution in [2.75, 3.05) is 11.5 Å². The summed E-state index contributed by atoms with van der Waals surface area (Å²) in [6.07, 6.45) is 25.5. The molecule has 2 N–H and O–H groups in total. The molecule has 0 saturated heterocycles. The Morgan fingerprint density at radius 3 is 1.09 bits per heavy atom. The molecule has 0 fully saturated rings. The average molecular weight is 645 g/mol. The molecule has 256 valence electrons. The Balaban J connectivity index is 4.93. The normalized spacial score (nSPS) is 16.0. The van der Waals surface area contributed by atoms with Gasteiger partial charge in [0, 0.05) is 10.5 Å². The summed E-state index contributed by atoms with van der Waals surface area (Å²) >= 11 is 3.84. The number of carboxylic acids is 2. The van der Waals surface area contributed by atoms with E-state index >= 15 is 0 Å². The molecule has 43 heavy (non-hydrogen) atoms. The number of thioether (sulfide) groups is 2. The van der Waals surface area contributed by atoms with Crippen molar-refractivity contribution >= 4 is 35.5 Å². The third-order valence-corrected chi connectivity index (χ3v) is 12.8. The Kier molecular flexibility index (Phi) is 28.8. The van der Waals surface area contributed by atoms with Crippen molar-refractivity contribution in [1.82, 2.24) is 0 Å². The maximum absolute atomic E-state index is 11.9. The zero-order chi connectivity index (χ0) is 32.3. The van der Waals surface area contributed by atoms with Crippen LogP contribution in [0, 0.1) is 23.7 Å². The van der Waals surface area contributed by atoms with Crippen molar-refractivity contribution in [3.63, 3.8) is 0 Å². The lowest BCUT2D eigenvalue weighted by Gasteiger charge is -2.25. The third kappa shape index (κ3) is 22.7. The zero-order valence-corrected chi connectivity index (χ0v) is 30.9. The van der Waals surface area contributed by atoms with Crippen LogP contribution in [0.15, 0.2) is 0 Å². The zero-order valence-electron chi connectivity index (χ0n) is 29.3. The number of hydrogen-bond acceptors (Lipinski definition) is 4. The molecular formula is C37H72O4S2. The lowest BCUT2D eigenvalue weighted by Crippen LogP contribution is -2.25. The van der Waals surface area contributed by atoms with E-state index in [1.54, 1.807) is 0 Å². The Bertz CT molecular complexity index is 605. The molecule has 0 radical (unpaired) electrons. The van der Waals surface area contributed by atoms with Crippen molar-refractivity contribution in [2.45, 2.75) is 187 Å². The van der Waals surface area contributed by atoms with E-state index in [1.807, 2.05) is 37.4 Å². The van der Waals surface area contributed by atoms with Crippen molar-refractivity contribution in [1.29, 1.82) is 0 Å². The molecule has 6 unspecified atom stereocenters. The third-order valence-electron chi connectivity index (χ3n) is 9.33. The highest BCUT2D eigenvalue weighted by Gasteiger charge is 2.27. The lowest BCUT2D eigenvalue weighted by molar-refractivity contribution is -0.142. The van der Waals surface area contributed by atoms with Crippen LogP contribution in [0.4, 0.5) is 0 Å². The molecule has 0 amide bonds. The largest absolute Gasteiger partial charge is 0.481 e. The topological polar surface area (TPSA) is 74.6 Å². The second-order valence-corrected chi connectivity index (χ2v) is 15.9. The van der Waals surface area contributed by atoms with Crippen molar-refractivity contribution in [3.05, 3.63) is 0 Å². The fourth-order valence-corrected chi connectivity index (χ4v) is 9.17. The van der Waals surface area contributed by atoms with Gasteiger partial charge in [0.25, 0.3) is 0 Å². The predicted molar refractivity (Wildman–Crippen MR) is 193 cm³/mol. The molecule has 6 atom stereocenters. The van der Waals surface area contributed by atoms with Crippen LogP contribution in [0.3, 0.4) is 0 Å². The van der Waals surface area contributed by atoms with E-state index in [1.165, 1.54) is 103 Å². The van der Waals surface area contributed by atoms with Gasteiger partial charge in [0.1, 0.15) is 0 Å². The highest BCUT2D eigenvalue weighted by molar-refractivity contribution is 8.00. The fourth-order valence-electron chi connectivity index (χ4n) is 5.99. The highest BCUT2D eigenvalue weighted by Crippen LogP contribution is 2.33. The molecule has 0 bridgehead atoms. The Morgan fingerprint density at radius 2 is 0.767 bits per heavy atom. The van der Waals surface area contributed by atoms with Gasteiger partial charge in [-0.3, -0.25) is 9.59 Å². The van der Waals surface area contributed by atoms with Crippen LogP contribution in [0.2, 0.25) is 0 Å². The van der Waals surface area contributed by atoms with Crippen LogP contribution in [-0.4, -0.2) is 44.2 Å². The second kappa shape index (κ2) is 29.1. The maximum Gasteiger partial charge on any atom is 0.307 e. The first-order valence-corrected chi connectivity index (χ1v) is 20.5. The van der Waals surface area contributed by atoms with Crippen LogP contribution < -0.4 is 0 Å². The van der Waals surface area contributed by atoms with E-state index in [-0.39, 0.29) is 22.3 Å². The van der Waals surface area contributed by atoms with Crippen LogP contribution >= 0.6 is 23.5 Å². The van der Waals surface area contributed by atoms with Gasteiger partial charge in [-0.15, -0.1) is 0 Å². The SMILES string of the molecule is CCCCCCC(CCCC)CSC(CCCCCC(SCC(CCCC)CCCCCC)C(C)C(=O)O)C(C)C(=O)O. The summed E-state index contributed by atoms with van der Waals surface area (Å²) in [5.41, 5.74) is 0. The van der Waals surface area contributed by atoms with Gasteiger partial charge in [0.05, 0.1) is 11.8 Å². The molecule has 0 heterocycles. The molecule has 0 aliphatic carbocycles. The van der Waals surface area contributed by atoms with Gasteiger partial charge in [-0.1, -0.05) is 138 Å². The first-order chi connectivity index (χ1) is 20.7. The summed E-state index contributed by atoms with van der Waals surface area (Å²) in [4.78, 5) is 23.9. The predicted octanol–water partition coefficient (Wildman–Crippen LogP) is 12.1. The van der Waals surface area contributed by atoms with E-state index < -0.39 is 11.9 Å². The number of unbranched alkanes of at least 4 members (excludes halogenated alkanes) is 10. The van der Waals surface area contributed by atoms with Crippen LogP contribution in [0.1, 0.15) is 176 Å². The molecule has 0 spiro atoms. The van der Waals surface area contributed by atoms with Crippen LogP contribution in [-0.2, 0) is 9.59 Å². The summed E-state index contributed by atoms with van der Waals surface area (Å²) in [6.45, 7) is 12.8. The number of carbonyl (C=O) groups is 2. The Hall–Kier alpha value is -0.360. The van der Waals surface area contributed by atoms with E-state index in [0.717, 1.165) is 43.6 Å². The Labute approximate surface area is 276 Å². The number of hydrogen-bond donors (Lipinski definition) is 2.